The maximum absolute atomic E-state index is 12.5. The van der Waals surface area contributed by atoms with Crippen molar-refractivity contribution in [1.29, 1.82) is 0 Å². The first kappa shape index (κ1) is 32.4. The van der Waals surface area contributed by atoms with Crippen molar-refractivity contribution in [1.82, 2.24) is 0 Å². The summed E-state index contributed by atoms with van der Waals surface area (Å²) in [5.41, 5.74) is 9.47. The summed E-state index contributed by atoms with van der Waals surface area (Å²) < 4.78 is 35.3. The Morgan fingerprint density at radius 3 is 1.83 bits per heavy atom. The Balaban J connectivity index is 1.71. The number of carbonyl (C=O) groups excluding carboxylic acids is 2. The van der Waals surface area contributed by atoms with Crippen molar-refractivity contribution in [2.75, 3.05) is 0 Å². The molecule has 0 spiro atoms. The number of benzene rings is 4. The monoisotopic (exact) mass is 630 g/mol. The second-order valence-electron chi connectivity index (χ2n) is 11.6. The number of rotatable bonds is 9. The van der Waals surface area contributed by atoms with Crippen LogP contribution in [-0.4, -0.2) is 25.2 Å². The van der Waals surface area contributed by atoms with Crippen molar-refractivity contribution >= 4 is 27.9 Å². The summed E-state index contributed by atoms with van der Waals surface area (Å²) in [6.45, 7) is 7.99. The molecule has 46 heavy (non-hydrogen) atoms. The molecule has 232 valence electrons. The Bertz CT molecular complexity index is 2020. The second kappa shape index (κ2) is 13.2. The predicted octanol–water partition coefficient (Wildman–Crippen LogP) is 6.63. The van der Waals surface area contributed by atoms with E-state index in [0.717, 1.165) is 45.2 Å². The highest BCUT2D eigenvalue weighted by atomic mass is 32.2. The van der Waals surface area contributed by atoms with Crippen LogP contribution in [0, 0.1) is 32.9 Å². The minimum atomic E-state index is -4.67. The highest BCUT2D eigenvalue weighted by Crippen LogP contribution is 2.38. The zero-order valence-corrected chi connectivity index (χ0v) is 26.9. The molecule has 0 unspecified atom stereocenters. The third-order valence-corrected chi connectivity index (χ3v) is 9.55. The fourth-order valence-electron chi connectivity index (χ4n) is 6.11. The van der Waals surface area contributed by atoms with E-state index >= 15 is 0 Å². The van der Waals surface area contributed by atoms with Gasteiger partial charge in [0.1, 0.15) is 11.9 Å². The van der Waals surface area contributed by atoms with Gasteiger partial charge in [0.15, 0.2) is 5.25 Å². The van der Waals surface area contributed by atoms with Crippen molar-refractivity contribution in [2.45, 2.75) is 40.5 Å². The first-order chi connectivity index (χ1) is 21.9. The van der Waals surface area contributed by atoms with Crippen LogP contribution in [0.1, 0.15) is 76.4 Å². The molecule has 0 amide bonds. The molecule has 5 rings (SSSR count). The Hall–Kier alpha value is -4.98. The van der Waals surface area contributed by atoms with Gasteiger partial charge in [-0.1, -0.05) is 48.5 Å². The molecule has 0 bridgehead atoms. The van der Waals surface area contributed by atoms with Crippen molar-refractivity contribution in [3.63, 3.8) is 0 Å². The zero-order chi connectivity index (χ0) is 33.2. The van der Waals surface area contributed by atoms with E-state index in [1.165, 1.54) is 18.2 Å². The highest BCUT2D eigenvalue weighted by molar-refractivity contribution is 7.89. The number of aryl methyl sites for hydroxylation is 4. The van der Waals surface area contributed by atoms with Crippen LogP contribution in [0.25, 0.3) is 5.57 Å². The molecule has 0 fully saturated rings. The lowest BCUT2D eigenvalue weighted by Crippen LogP contribution is -2.24. The van der Waals surface area contributed by atoms with Gasteiger partial charge in [-0.05, 0) is 109 Å². The average molecular weight is 631 g/mol. The van der Waals surface area contributed by atoms with E-state index in [-0.39, 0.29) is 16.4 Å². The summed E-state index contributed by atoms with van der Waals surface area (Å²) in [7, 11) is -4.67. The summed E-state index contributed by atoms with van der Waals surface area (Å²) in [5, 5.41) is 12.2. The van der Waals surface area contributed by atoms with E-state index in [4.69, 9.17) is 0 Å². The fourth-order valence-corrected chi connectivity index (χ4v) is 6.81. The van der Waals surface area contributed by atoms with Crippen molar-refractivity contribution in [2.24, 2.45) is 0 Å². The molecular weight excluding hydrogens is 596 g/mol. The van der Waals surface area contributed by atoms with Gasteiger partial charge in [0, 0.05) is 46.6 Å². The number of carboxylic acid groups (broad SMARTS) is 1. The van der Waals surface area contributed by atoms with Crippen LogP contribution in [0.2, 0.25) is 0 Å². The number of hydrogen-bond donors (Lipinski definition) is 1. The van der Waals surface area contributed by atoms with Crippen LogP contribution in [0.3, 0.4) is 0 Å². The van der Waals surface area contributed by atoms with Gasteiger partial charge in [-0.3, -0.25) is 9.35 Å². The van der Waals surface area contributed by atoms with E-state index < -0.39 is 16.1 Å². The molecule has 0 aromatic heterocycles. The summed E-state index contributed by atoms with van der Waals surface area (Å²) in [5.74, 6) is -1.37. The van der Waals surface area contributed by atoms with Crippen molar-refractivity contribution in [3.05, 3.63) is 175 Å². The number of carboxylic acids is 1. The van der Waals surface area contributed by atoms with Crippen molar-refractivity contribution < 1.29 is 27.7 Å². The summed E-state index contributed by atoms with van der Waals surface area (Å²) >= 11 is 0. The smallest absolute Gasteiger partial charge is 0.331 e. The molecule has 0 radical (unpaired) electrons. The second-order valence-corrected chi connectivity index (χ2v) is 13.0. The van der Waals surface area contributed by atoms with E-state index in [1.807, 2.05) is 70.2 Å². The lowest BCUT2D eigenvalue weighted by Gasteiger charge is -2.18. The molecule has 4 aromatic carbocycles. The lowest BCUT2D eigenvalue weighted by molar-refractivity contribution is -0.255. The molecular formula is C39H34O6S. The molecule has 0 aliphatic heterocycles. The SMILES string of the molecule is Cc1cccc(C)c1Cc1ccc(C(=C2C=CC=C[C+]2S(=O)(=O)O)c2ccc(Cc3c(C)cccc3C)c(C(=O)[O-])c2)cc1C=O. The average Bonchev–Trinajstić information content (AvgIpc) is 3.01. The molecule has 4 aromatic rings. The van der Waals surface area contributed by atoms with Gasteiger partial charge < -0.3 is 9.90 Å². The molecule has 0 saturated heterocycles. The molecule has 0 saturated carbocycles. The number of hydrogen-bond acceptors (Lipinski definition) is 5. The first-order valence-electron chi connectivity index (χ1n) is 14.9. The van der Waals surface area contributed by atoms with Crippen LogP contribution in [-0.2, 0) is 23.0 Å². The Kier molecular flexibility index (Phi) is 9.28. The van der Waals surface area contributed by atoms with Gasteiger partial charge in [0.25, 0.3) is 0 Å². The Morgan fingerprint density at radius 2 is 1.30 bits per heavy atom. The summed E-state index contributed by atoms with van der Waals surface area (Å²) in [6.07, 6.45) is 7.61. The molecule has 1 aliphatic carbocycles. The normalized spacial score (nSPS) is 14.0. The number of allylic oxidation sites excluding steroid dienone is 3. The van der Waals surface area contributed by atoms with Gasteiger partial charge in [0.2, 0.25) is 0 Å². The number of aldehydes is 1. The predicted molar refractivity (Wildman–Crippen MR) is 179 cm³/mol. The topological polar surface area (TPSA) is 112 Å². The molecule has 0 heterocycles. The Morgan fingerprint density at radius 1 is 0.783 bits per heavy atom. The van der Waals surface area contributed by atoms with E-state index in [0.29, 0.717) is 40.7 Å². The molecule has 7 heteroatoms. The third kappa shape index (κ3) is 6.66. The minimum Gasteiger partial charge on any atom is -0.545 e. The van der Waals surface area contributed by atoms with Crippen molar-refractivity contribution in [3.8, 4) is 0 Å². The van der Waals surface area contributed by atoms with Crippen LogP contribution in [0.5, 0.6) is 0 Å². The number of carbonyl (C=O) groups is 2. The van der Waals surface area contributed by atoms with Crippen LogP contribution < -0.4 is 5.11 Å². The number of aromatic carboxylic acids is 1. The van der Waals surface area contributed by atoms with Crippen LogP contribution in [0.4, 0.5) is 0 Å². The van der Waals surface area contributed by atoms with Gasteiger partial charge in [-0.25, -0.2) is 0 Å². The van der Waals surface area contributed by atoms with Gasteiger partial charge in [-0.2, -0.15) is 8.42 Å². The lowest BCUT2D eigenvalue weighted by atomic mass is 9.85. The fraction of sp³-hybridized carbons (Fsp3) is 0.154. The van der Waals surface area contributed by atoms with Crippen LogP contribution >= 0.6 is 0 Å². The Labute approximate surface area is 270 Å². The maximum Gasteiger partial charge on any atom is 0.331 e. The quantitative estimate of drug-likeness (QED) is 0.126. The summed E-state index contributed by atoms with van der Waals surface area (Å²) in [6, 6.07) is 22.1. The summed E-state index contributed by atoms with van der Waals surface area (Å²) in [4.78, 5) is 25.0. The van der Waals surface area contributed by atoms with Crippen LogP contribution in [0.15, 0.2) is 103 Å². The first-order valence-corrected chi connectivity index (χ1v) is 16.3. The maximum atomic E-state index is 12.5. The molecule has 6 nitrogen and oxygen atoms in total. The molecule has 1 aliphatic rings. The van der Waals surface area contributed by atoms with Gasteiger partial charge >= 0.3 is 10.1 Å². The van der Waals surface area contributed by atoms with Gasteiger partial charge in [-0.15, -0.1) is 0 Å². The molecule has 1 N–H and O–H groups in total. The highest BCUT2D eigenvalue weighted by Gasteiger charge is 2.36. The van der Waals surface area contributed by atoms with Gasteiger partial charge in [0.05, 0.1) is 11.5 Å². The minimum absolute atomic E-state index is 0.0377. The molecule has 0 atom stereocenters. The standard InChI is InChI=1S/C39H34O6S/c1-24-9-7-10-25(2)34(24)20-28-15-17-30(19-32(28)23-40)38(33-13-5-6-14-37(33)46(43,44)45)31-18-16-29(36(22-31)39(41)42)21-35-26(3)11-8-12-27(35)4/h5-19,22-23H,20-21H2,1-4H3,(H-,41,42,43,44,45). The van der Waals surface area contributed by atoms with E-state index in [9.17, 15) is 27.7 Å². The largest absolute Gasteiger partial charge is 0.545 e. The van der Waals surface area contributed by atoms with E-state index in [1.54, 1.807) is 36.4 Å². The van der Waals surface area contributed by atoms with E-state index in [2.05, 4.69) is 0 Å². The third-order valence-electron chi connectivity index (χ3n) is 8.64. The zero-order valence-electron chi connectivity index (χ0n) is 26.1.